The maximum atomic E-state index is 9.33. The van der Waals surface area contributed by atoms with Crippen LogP contribution in [-0.4, -0.2) is 42.6 Å². The quantitative estimate of drug-likeness (QED) is 0.326. The summed E-state index contributed by atoms with van der Waals surface area (Å²) in [6, 6.07) is 30.8. The Labute approximate surface area is 209 Å². The van der Waals surface area contributed by atoms with Crippen molar-refractivity contribution in [2.75, 3.05) is 13.2 Å². The van der Waals surface area contributed by atoms with Gasteiger partial charge in [0, 0.05) is 13.2 Å². The number of unbranched alkanes of at least 4 members (excludes halogenated alkanes) is 1. The fraction of sp³-hybridized carbons (Fsp3) is 0.400. The molecule has 4 atom stereocenters. The topological polar surface area (TPSA) is 60.0 Å². The predicted molar refractivity (Wildman–Crippen MR) is 138 cm³/mol. The molecule has 1 heterocycles. The molecule has 0 saturated carbocycles. The third kappa shape index (κ3) is 7.99. The SMILES string of the molecule is OCCCC[C@H](OCc1ccccc1)[C@H]1NC[C@H](OCc2ccccc2)[C@@H]1OCc1ccccc1. The Morgan fingerprint density at radius 2 is 1.26 bits per heavy atom. The van der Waals surface area contributed by atoms with Crippen molar-refractivity contribution >= 4 is 0 Å². The van der Waals surface area contributed by atoms with Gasteiger partial charge in [-0.2, -0.15) is 0 Å². The number of hydrogen-bond donors (Lipinski definition) is 2. The van der Waals surface area contributed by atoms with Gasteiger partial charge in [-0.25, -0.2) is 0 Å². The van der Waals surface area contributed by atoms with E-state index in [0.717, 1.165) is 36.0 Å². The van der Waals surface area contributed by atoms with Crippen molar-refractivity contribution < 1.29 is 19.3 Å². The van der Waals surface area contributed by atoms with E-state index in [9.17, 15) is 5.11 Å². The van der Waals surface area contributed by atoms with Crippen LogP contribution < -0.4 is 5.32 Å². The first-order valence-corrected chi connectivity index (χ1v) is 12.6. The number of ether oxygens (including phenoxy) is 3. The van der Waals surface area contributed by atoms with Crippen LogP contribution in [0.25, 0.3) is 0 Å². The molecule has 1 aliphatic rings. The first-order chi connectivity index (χ1) is 17.3. The monoisotopic (exact) mass is 475 g/mol. The molecule has 186 valence electrons. The maximum absolute atomic E-state index is 9.33. The summed E-state index contributed by atoms with van der Waals surface area (Å²) in [5.41, 5.74) is 3.44. The van der Waals surface area contributed by atoms with Crippen molar-refractivity contribution in [3.63, 3.8) is 0 Å². The number of benzene rings is 3. The standard InChI is InChI=1S/C30H37NO4/c32-19-11-10-18-27(33-21-24-12-4-1-5-13-24)29-30(35-23-26-16-8-3-9-17-26)28(20-31-29)34-22-25-14-6-2-7-15-25/h1-9,12-17,27-32H,10-11,18-23H2/t27-,28-,29+,30-/m0/s1. The Bertz CT molecular complexity index is 954. The van der Waals surface area contributed by atoms with Crippen LogP contribution in [0, 0.1) is 0 Å². The minimum absolute atomic E-state index is 0.00175. The maximum Gasteiger partial charge on any atom is 0.103 e. The van der Waals surface area contributed by atoms with Crippen LogP contribution in [0.15, 0.2) is 91.0 Å². The van der Waals surface area contributed by atoms with E-state index in [1.807, 2.05) is 54.6 Å². The molecular weight excluding hydrogens is 438 g/mol. The molecule has 3 aromatic rings. The third-order valence-corrected chi connectivity index (χ3v) is 6.47. The summed E-state index contributed by atoms with van der Waals surface area (Å²) in [5, 5.41) is 13.0. The molecule has 5 nitrogen and oxygen atoms in total. The van der Waals surface area contributed by atoms with Gasteiger partial charge in [0.15, 0.2) is 0 Å². The molecule has 35 heavy (non-hydrogen) atoms. The second kappa shape index (κ2) is 14.1. The highest BCUT2D eigenvalue weighted by Crippen LogP contribution is 2.26. The lowest BCUT2D eigenvalue weighted by Crippen LogP contribution is -2.46. The van der Waals surface area contributed by atoms with E-state index in [0.29, 0.717) is 26.4 Å². The van der Waals surface area contributed by atoms with Gasteiger partial charge in [0.05, 0.1) is 38.1 Å². The lowest BCUT2D eigenvalue weighted by Gasteiger charge is -2.31. The highest BCUT2D eigenvalue weighted by molar-refractivity contribution is 5.15. The first-order valence-electron chi connectivity index (χ1n) is 12.6. The predicted octanol–water partition coefficient (Wildman–Crippen LogP) is 4.88. The summed E-state index contributed by atoms with van der Waals surface area (Å²) in [4.78, 5) is 0. The van der Waals surface area contributed by atoms with Crippen molar-refractivity contribution in [1.82, 2.24) is 5.32 Å². The molecule has 5 heteroatoms. The van der Waals surface area contributed by atoms with Crippen molar-refractivity contribution in [3.05, 3.63) is 108 Å². The third-order valence-electron chi connectivity index (χ3n) is 6.47. The summed E-state index contributed by atoms with van der Waals surface area (Å²) in [5.74, 6) is 0. The first kappa shape index (κ1) is 25.5. The van der Waals surface area contributed by atoms with E-state index in [1.165, 1.54) is 0 Å². The fourth-order valence-electron chi connectivity index (χ4n) is 4.57. The second-order valence-corrected chi connectivity index (χ2v) is 9.08. The van der Waals surface area contributed by atoms with Gasteiger partial charge in [0.1, 0.15) is 6.10 Å². The zero-order chi connectivity index (χ0) is 24.1. The van der Waals surface area contributed by atoms with Crippen LogP contribution in [0.3, 0.4) is 0 Å². The number of nitrogens with one attached hydrogen (secondary N) is 1. The normalized spacial score (nSPS) is 20.7. The molecule has 0 spiro atoms. The molecule has 0 unspecified atom stereocenters. The molecule has 4 rings (SSSR count). The Balaban J connectivity index is 1.46. The Morgan fingerprint density at radius 3 is 1.83 bits per heavy atom. The molecule has 0 amide bonds. The van der Waals surface area contributed by atoms with Crippen LogP contribution in [-0.2, 0) is 34.0 Å². The van der Waals surface area contributed by atoms with Gasteiger partial charge < -0.3 is 24.6 Å². The molecule has 1 aliphatic heterocycles. The zero-order valence-electron chi connectivity index (χ0n) is 20.3. The van der Waals surface area contributed by atoms with E-state index in [4.69, 9.17) is 14.2 Å². The summed E-state index contributed by atoms with van der Waals surface area (Å²) in [7, 11) is 0. The molecule has 0 aliphatic carbocycles. The van der Waals surface area contributed by atoms with Gasteiger partial charge in [-0.05, 0) is 36.0 Å². The molecular formula is C30H37NO4. The van der Waals surface area contributed by atoms with Crippen LogP contribution in [0.4, 0.5) is 0 Å². The fourth-order valence-corrected chi connectivity index (χ4v) is 4.57. The minimum atomic E-state index is -0.145. The molecule has 1 fully saturated rings. The van der Waals surface area contributed by atoms with Gasteiger partial charge in [-0.15, -0.1) is 0 Å². The second-order valence-electron chi connectivity index (χ2n) is 9.08. The summed E-state index contributed by atoms with van der Waals surface area (Å²) >= 11 is 0. The summed E-state index contributed by atoms with van der Waals surface area (Å²) in [6.45, 7) is 2.52. The van der Waals surface area contributed by atoms with E-state index in [1.54, 1.807) is 0 Å². The van der Waals surface area contributed by atoms with Gasteiger partial charge in [0.25, 0.3) is 0 Å². The highest BCUT2D eigenvalue weighted by atomic mass is 16.5. The van der Waals surface area contributed by atoms with Crippen molar-refractivity contribution in [2.24, 2.45) is 0 Å². The van der Waals surface area contributed by atoms with Gasteiger partial charge in [0.2, 0.25) is 0 Å². The van der Waals surface area contributed by atoms with Crippen LogP contribution >= 0.6 is 0 Å². The Kier molecular flexibility index (Phi) is 10.3. The van der Waals surface area contributed by atoms with Crippen molar-refractivity contribution in [1.29, 1.82) is 0 Å². The number of rotatable bonds is 14. The molecule has 3 aromatic carbocycles. The summed E-state index contributed by atoms with van der Waals surface area (Å²) < 4.78 is 19.4. The van der Waals surface area contributed by atoms with E-state index in [-0.39, 0.29) is 31.0 Å². The molecule has 0 aromatic heterocycles. The molecule has 0 bridgehead atoms. The minimum Gasteiger partial charge on any atom is -0.396 e. The Hall–Kier alpha value is -2.54. The van der Waals surface area contributed by atoms with Gasteiger partial charge in [-0.1, -0.05) is 91.0 Å². The lowest BCUT2D eigenvalue weighted by molar-refractivity contribution is -0.0951. The molecule has 2 N–H and O–H groups in total. The van der Waals surface area contributed by atoms with Crippen LogP contribution in [0.1, 0.15) is 36.0 Å². The largest absolute Gasteiger partial charge is 0.396 e. The van der Waals surface area contributed by atoms with Gasteiger partial charge in [-0.3, -0.25) is 0 Å². The van der Waals surface area contributed by atoms with Crippen molar-refractivity contribution in [2.45, 2.75) is 63.4 Å². The molecule has 0 radical (unpaired) electrons. The summed E-state index contributed by atoms with van der Waals surface area (Å²) in [6.07, 6.45) is 2.24. The average Bonchev–Trinajstić information content (AvgIpc) is 3.32. The number of aliphatic hydroxyl groups excluding tert-OH is 1. The highest BCUT2D eigenvalue weighted by Gasteiger charge is 2.42. The van der Waals surface area contributed by atoms with E-state index in [2.05, 4.69) is 41.7 Å². The van der Waals surface area contributed by atoms with Crippen molar-refractivity contribution in [3.8, 4) is 0 Å². The van der Waals surface area contributed by atoms with E-state index >= 15 is 0 Å². The number of aliphatic hydroxyl groups is 1. The van der Waals surface area contributed by atoms with Crippen LogP contribution in [0.2, 0.25) is 0 Å². The number of hydrogen-bond acceptors (Lipinski definition) is 5. The molecule has 1 saturated heterocycles. The lowest BCUT2D eigenvalue weighted by atomic mass is 9.99. The van der Waals surface area contributed by atoms with Gasteiger partial charge >= 0.3 is 0 Å². The van der Waals surface area contributed by atoms with Crippen LogP contribution in [0.5, 0.6) is 0 Å². The Morgan fingerprint density at radius 1 is 0.714 bits per heavy atom. The van der Waals surface area contributed by atoms with E-state index < -0.39 is 0 Å². The average molecular weight is 476 g/mol. The smallest absolute Gasteiger partial charge is 0.103 e. The zero-order valence-corrected chi connectivity index (χ0v) is 20.3.